The zero-order valence-electron chi connectivity index (χ0n) is 11.5. The first kappa shape index (κ1) is 14.5. The summed E-state index contributed by atoms with van der Waals surface area (Å²) in [6, 6.07) is 0. The molecule has 1 amide bonds. The SMILES string of the molecule is CC(C)CCC(=O)NCC1(O)CCCC(C)C1. The van der Waals surface area contributed by atoms with Crippen LogP contribution >= 0.6 is 0 Å². The Morgan fingerprint density at radius 3 is 2.82 bits per heavy atom. The first-order chi connectivity index (χ1) is 7.91. The van der Waals surface area contributed by atoms with Gasteiger partial charge in [-0.2, -0.15) is 0 Å². The van der Waals surface area contributed by atoms with Gasteiger partial charge in [-0.3, -0.25) is 4.79 Å². The van der Waals surface area contributed by atoms with Crippen LogP contribution < -0.4 is 5.32 Å². The van der Waals surface area contributed by atoms with E-state index in [0.717, 1.165) is 25.7 Å². The minimum Gasteiger partial charge on any atom is -0.388 e. The molecule has 1 aliphatic rings. The molecule has 0 aromatic rings. The first-order valence-electron chi connectivity index (χ1n) is 6.90. The largest absolute Gasteiger partial charge is 0.388 e. The molecule has 0 aliphatic heterocycles. The molecule has 2 atom stereocenters. The summed E-state index contributed by atoms with van der Waals surface area (Å²) in [5, 5.41) is 13.2. The monoisotopic (exact) mass is 241 g/mol. The number of hydrogen-bond acceptors (Lipinski definition) is 2. The van der Waals surface area contributed by atoms with E-state index >= 15 is 0 Å². The molecule has 3 nitrogen and oxygen atoms in total. The molecule has 1 aliphatic carbocycles. The van der Waals surface area contributed by atoms with Crippen molar-refractivity contribution in [2.45, 2.75) is 64.9 Å². The van der Waals surface area contributed by atoms with Gasteiger partial charge >= 0.3 is 0 Å². The van der Waals surface area contributed by atoms with Crippen molar-refractivity contribution in [3.8, 4) is 0 Å². The van der Waals surface area contributed by atoms with Gasteiger partial charge in [0, 0.05) is 13.0 Å². The summed E-state index contributed by atoms with van der Waals surface area (Å²) >= 11 is 0. The van der Waals surface area contributed by atoms with E-state index in [1.165, 1.54) is 6.42 Å². The number of hydrogen-bond donors (Lipinski definition) is 2. The Hall–Kier alpha value is -0.570. The molecule has 1 fully saturated rings. The van der Waals surface area contributed by atoms with Crippen LogP contribution in [0.4, 0.5) is 0 Å². The number of rotatable bonds is 5. The molecule has 0 heterocycles. The van der Waals surface area contributed by atoms with E-state index < -0.39 is 5.60 Å². The summed E-state index contributed by atoms with van der Waals surface area (Å²) in [5.41, 5.74) is -0.662. The molecule has 0 saturated heterocycles. The highest BCUT2D eigenvalue weighted by molar-refractivity contribution is 5.75. The highest BCUT2D eigenvalue weighted by Crippen LogP contribution is 2.31. The fourth-order valence-electron chi connectivity index (χ4n) is 2.56. The topological polar surface area (TPSA) is 49.3 Å². The summed E-state index contributed by atoms with van der Waals surface area (Å²) in [4.78, 5) is 11.6. The average Bonchev–Trinajstić information content (AvgIpc) is 2.23. The van der Waals surface area contributed by atoms with Crippen molar-refractivity contribution in [2.24, 2.45) is 11.8 Å². The molecular formula is C14H27NO2. The van der Waals surface area contributed by atoms with E-state index in [2.05, 4.69) is 26.1 Å². The third-order valence-corrected chi connectivity index (χ3v) is 3.63. The van der Waals surface area contributed by atoms with Gasteiger partial charge in [-0.15, -0.1) is 0 Å². The van der Waals surface area contributed by atoms with Gasteiger partial charge in [0.25, 0.3) is 0 Å². The van der Waals surface area contributed by atoms with Gasteiger partial charge in [0.2, 0.25) is 5.91 Å². The second kappa shape index (κ2) is 6.39. The van der Waals surface area contributed by atoms with Crippen LogP contribution in [0.5, 0.6) is 0 Å². The number of nitrogens with one attached hydrogen (secondary N) is 1. The van der Waals surface area contributed by atoms with Gasteiger partial charge in [0.15, 0.2) is 0 Å². The molecule has 1 saturated carbocycles. The van der Waals surface area contributed by atoms with Crippen LogP contribution in [-0.4, -0.2) is 23.2 Å². The molecule has 17 heavy (non-hydrogen) atoms. The molecule has 2 N–H and O–H groups in total. The molecule has 3 heteroatoms. The molecule has 0 aromatic carbocycles. The zero-order valence-corrected chi connectivity index (χ0v) is 11.5. The van der Waals surface area contributed by atoms with Crippen molar-refractivity contribution in [2.75, 3.05) is 6.54 Å². The summed E-state index contributed by atoms with van der Waals surface area (Å²) in [6.07, 6.45) is 5.40. The number of carbonyl (C=O) groups is 1. The highest BCUT2D eigenvalue weighted by atomic mass is 16.3. The first-order valence-corrected chi connectivity index (χ1v) is 6.90. The third kappa shape index (κ3) is 5.53. The average molecular weight is 241 g/mol. The summed E-state index contributed by atoms with van der Waals surface area (Å²) in [5.74, 6) is 1.20. The molecule has 0 radical (unpaired) electrons. The smallest absolute Gasteiger partial charge is 0.220 e. The number of aliphatic hydroxyl groups is 1. The minimum absolute atomic E-state index is 0.0744. The Balaban J connectivity index is 2.26. The molecule has 0 spiro atoms. The van der Waals surface area contributed by atoms with Crippen LogP contribution in [0.15, 0.2) is 0 Å². The molecule has 2 unspecified atom stereocenters. The standard InChI is InChI=1S/C14H27NO2/c1-11(2)6-7-13(16)15-10-14(17)8-4-5-12(3)9-14/h11-12,17H,4-10H2,1-3H3,(H,15,16). The predicted molar refractivity (Wildman–Crippen MR) is 69.7 cm³/mol. The Labute approximate surface area is 105 Å². The molecule has 0 bridgehead atoms. The van der Waals surface area contributed by atoms with Crippen molar-refractivity contribution in [1.29, 1.82) is 0 Å². The normalized spacial score (nSPS) is 29.4. The Morgan fingerprint density at radius 2 is 2.24 bits per heavy atom. The van der Waals surface area contributed by atoms with Gasteiger partial charge in [-0.05, 0) is 31.1 Å². The third-order valence-electron chi connectivity index (χ3n) is 3.63. The maximum Gasteiger partial charge on any atom is 0.220 e. The van der Waals surface area contributed by atoms with E-state index in [9.17, 15) is 9.90 Å². The Kier molecular flexibility index (Phi) is 5.44. The van der Waals surface area contributed by atoms with Crippen molar-refractivity contribution in [3.63, 3.8) is 0 Å². The molecule has 100 valence electrons. The lowest BCUT2D eigenvalue weighted by Gasteiger charge is -2.35. The molecule has 1 rings (SSSR count). The van der Waals surface area contributed by atoms with Crippen molar-refractivity contribution < 1.29 is 9.90 Å². The maximum atomic E-state index is 11.6. The van der Waals surface area contributed by atoms with Crippen LogP contribution in [0.25, 0.3) is 0 Å². The van der Waals surface area contributed by atoms with E-state index in [4.69, 9.17) is 0 Å². The van der Waals surface area contributed by atoms with Gasteiger partial charge in [0.05, 0.1) is 5.60 Å². The fourth-order valence-corrected chi connectivity index (χ4v) is 2.56. The van der Waals surface area contributed by atoms with E-state index in [1.807, 2.05) is 0 Å². The van der Waals surface area contributed by atoms with Crippen molar-refractivity contribution >= 4 is 5.91 Å². The summed E-state index contributed by atoms with van der Waals surface area (Å²) < 4.78 is 0. The predicted octanol–water partition coefficient (Wildman–Crippen LogP) is 2.48. The van der Waals surface area contributed by atoms with Gasteiger partial charge in [-0.25, -0.2) is 0 Å². The zero-order chi connectivity index (χ0) is 12.9. The van der Waals surface area contributed by atoms with E-state index in [0.29, 0.717) is 24.8 Å². The van der Waals surface area contributed by atoms with Gasteiger partial charge in [0.1, 0.15) is 0 Å². The second-order valence-corrected chi connectivity index (χ2v) is 6.14. The van der Waals surface area contributed by atoms with E-state index in [-0.39, 0.29) is 5.91 Å². The lowest BCUT2D eigenvalue weighted by atomic mass is 9.79. The van der Waals surface area contributed by atoms with Crippen LogP contribution in [0, 0.1) is 11.8 Å². The summed E-state index contributed by atoms with van der Waals surface area (Å²) in [6.45, 7) is 6.83. The maximum absolute atomic E-state index is 11.6. The summed E-state index contributed by atoms with van der Waals surface area (Å²) in [7, 11) is 0. The van der Waals surface area contributed by atoms with Crippen LogP contribution in [-0.2, 0) is 4.79 Å². The van der Waals surface area contributed by atoms with Crippen LogP contribution in [0.2, 0.25) is 0 Å². The highest BCUT2D eigenvalue weighted by Gasteiger charge is 2.32. The fraction of sp³-hybridized carbons (Fsp3) is 0.929. The number of amides is 1. The lowest BCUT2D eigenvalue weighted by Crippen LogP contribution is -2.45. The second-order valence-electron chi connectivity index (χ2n) is 6.14. The van der Waals surface area contributed by atoms with Crippen LogP contribution in [0.1, 0.15) is 59.3 Å². The molecule has 0 aromatic heterocycles. The minimum atomic E-state index is -0.662. The van der Waals surface area contributed by atoms with Crippen molar-refractivity contribution in [3.05, 3.63) is 0 Å². The van der Waals surface area contributed by atoms with Gasteiger partial charge < -0.3 is 10.4 Å². The molecular weight excluding hydrogens is 214 g/mol. The number of carbonyl (C=O) groups excluding carboxylic acids is 1. The van der Waals surface area contributed by atoms with E-state index in [1.54, 1.807) is 0 Å². The van der Waals surface area contributed by atoms with Gasteiger partial charge in [-0.1, -0.05) is 33.6 Å². The quantitative estimate of drug-likeness (QED) is 0.777. The lowest BCUT2D eigenvalue weighted by molar-refractivity contribution is -0.123. The Morgan fingerprint density at radius 1 is 1.53 bits per heavy atom. The van der Waals surface area contributed by atoms with Crippen molar-refractivity contribution in [1.82, 2.24) is 5.32 Å². The Bertz CT molecular complexity index is 253. The van der Waals surface area contributed by atoms with Crippen LogP contribution in [0.3, 0.4) is 0 Å².